The molecule has 0 aromatic heterocycles. The molecule has 0 saturated carbocycles. The van der Waals surface area contributed by atoms with E-state index in [2.05, 4.69) is 81.5 Å². The number of hydrogen-bond acceptors (Lipinski definition) is 6. The first-order chi connectivity index (χ1) is 36.5. The maximum atomic E-state index is 12.9. The van der Waals surface area contributed by atoms with Gasteiger partial charge in [-0.1, -0.05) is 293 Å². The molecular formula is C68H122O6. The Morgan fingerprint density at radius 3 is 0.838 bits per heavy atom. The first kappa shape index (κ1) is 71.1. The summed E-state index contributed by atoms with van der Waals surface area (Å²) < 4.78 is 16.9. The first-order valence-corrected chi connectivity index (χ1v) is 32.3. The highest BCUT2D eigenvalue weighted by molar-refractivity contribution is 5.71. The van der Waals surface area contributed by atoms with Crippen molar-refractivity contribution >= 4 is 17.9 Å². The average Bonchev–Trinajstić information content (AvgIpc) is 3.40. The minimum atomic E-state index is -0.772. The van der Waals surface area contributed by atoms with Crippen molar-refractivity contribution in [2.24, 2.45) is 0 Å². The van der Waals surface area contributed by atoms with Gasteiger partial charge in [-0.2, -0.15) is 0 Å². The van der Waals surface area contributed by atoms with Gasteiger partial charge >= 0.3 is 17.9 Å². The third kappa shape index (κ3) is 60.0. The molecule has 1 atom stereocenters. The van der Waals surface area contributed by atoms with Gasteiger partial charge in [-0.3, -0.25) is 14.4 Å². The molecule has 0 aromatic rings. The zero-order valence-corrected chi connectivity index (χ0v) is 49.4. The molecule has 0 rings (SSSR count). The van der Waals surface area contributed by atoms with Crippen LogP contribution in [0.15, 0.2) is 60.8 Å². The van der Waals surface area contributed by atoms with Gasteiger partial charge in [0.05, 0.1) is 0 Å². The number of hydrogen-bond donors (Lipinski definition) is 0. The minimum absolute atomic E-state index is 0.0714. The molecule has 0 saturated heterocycles. The van der Waals surface area contributed by atoms with Crippen LogP contribution in [0.5, 0.6) is 0 Å². The molecule has 0 amide bonds. The van der Waals surface area contributed by atoms with Crippen molar-refractivity contribution in [2.45, 2.75) is 341 Å². The Bertz CT molecular complexity index is 1330. The van der Waals surface area contributed by atoms with E-state index < -0.39 is 6.10 Å². The number of rotatable bonds is 59. The zero-order chi connectivity index (χ0) is 53.6. The number of carbonyl (C=O) groups excluding carboxylic acids is 3. The van der Waals surface area contributed by atoms with Gasteiger partial charge in [0, 0.05) is 19.3 Å². The highest BCUT2D eigenvalue weighted by Crippen LogP contribution is 2.17. The molecule has 430 valence electrons. The number of unbranched alkanes of at least 4 members (excludes halogenated alkanes) is 38. The zero-order valence-electron chi connectivity index (χ0n) is 49.4. The highest BCUT2D eigenvalue weighted by Gasteiger charge is 2.19. The Labute approximate surface area is 460 Å². The van der Waals surface area contributed by atoms with E-state index >= 15 is 0 Å². The fraction of sp³-hybridized carbons (Fsp3) is 0.809. The summed E-state index contributed by atoms with van der Waals surface area (Å²) in [5.74, 6) is -0.862. The van der Waals surface area contributed by atoms with Crippen molar-refractivity contribution in [3.63, 3.8) is 0 Å². The Balaban J connectivity index is 4.15. The average molecular weight is 1040 g/mol. The molecule has 0 spiro atoms. The monoisotopic (exact) mass is 1030 g/mol. The van der Waals surface area contributed by atoms with E-state index in [1.54, 1.807) is 0 Å². The third-order valence-corrected chi connectivity index (χ3v) is 14.3. The summed E-state index contributed by atoms with van der Waals surface area (Å²) in [7, 11) is 0. The van der Waals surface area contributed by atoms with Gasteiger partial charge in [0.1, 0.15) is 13.2 Å². The molecule has 0 N–H and O–H groups in total. The molecule has 0 bridgehead atoms. The van der Waals surface area contributed by atoms with Crippen LogP contribution in [0, 0.1) is 0 Å². The number of ether oxygens (including phenoxy) is 3. The second kappa shape index (κ2) is 62.6. The lowest BCUT2D eigenvalue weighted by Crippen LogP contribution is -2.30. The minimum Gasteiger partial charge on any atom is -0.462 e. The fourth-order valence-corrected chi connectivity index (χ4v) is 9.43. The molecule has 0 aromatic carbocycles. The molecule has 6 heteroatoms. The van der Waals surface area contributed by atoms with E-state index in [9.17, 15) is 14.4 Å². The van der Waals surface area contributed by atoms with E-state index in [1.165, 1.54) is 212 Å². The summed E-state index contributed by atoms with van der Waals surface area (Å²) in [4.78, 5) is 38.2. The smallest absolute Gasteiger partial charge is 0.306 e. The summed E-state index contributed by atoms with van der Waals surface area (Å²) in [5, 5.41) is 0. The maximum absolute atomic E-state index is 12.9. The molecular weight excluding hydrogens is 913 g/mol. The van der Waals surface area contributed by atoms with Crippen LogP contribution in [0.2, 0.25) is 0 Å². The Kier molecular flexibility index (Phi) is 60.2. The van der Waals surface area contributed by atoms with Crippen LogP contribution in [-0.4, -0.2) is 37.2 Å². The van der Waals surface area contributed by atoms with Gasteiger partial charge in [-0.15, -0.1) is 0 Å². The standard InChI is InChI=1S/C68H122O6/c1-4-7-10-13-16-19-21-23-25-27-29-31-33-34-36-37-39-41-43-45-47-49-52-55-58-61-67(70)73-64-65(63-72-66(69)60-57-54-51-18-15-12-9-6-3)74-68(71)62-59-56-53-50-48-46-44-42-40-38-35-32-30-28-26-24-22-20-17-14-11-8-5-2/h7,10,16,19,23,25,28-31,65H,4-6,8-9,11-15,17-18,20-22,24,26-27,32-64H2,1-3H3/b10-7-,19-16-,25-23-,30-28-,31-29-. The predicted octanol–water partition coefficient (Wildman–Crippen LogP) is 21.9. The van der Waals surface area contributed by atoms with Crippen molar-refractivity contribution in [3.8, 4) is 0 Å². The van der Waals surface area contributed by atoms with Gasteiger partial charge in [0.2, 0.25) is 0 Å². The molecule has 0 aliphatic rings. The summed E-state index contributed by atoms with van der Waals surface area (Å²) >= 11 is 0. The number of allylic oxidation sites excluding steroid dienone is 10. The lowest BCUT2D eigenvalue weighted by Gasteiger charge is -2.18. The van der Waals surface area contributed by atoms with Gasteiger partial charge in [-0.25, -0.2) is 0 Å². The first-order valence-electron chi connectivity index (χ1n) is 32.3. The quantitative estimate of drug-likeness (QED) is 0.0261. The van der Waals surface area contributed by atoms with Crippen molar-refractivity contribution in [1.82, 2.24) is 0 Å². The van der Waals surface area contributed by atoms with E-state index in [4.69, 9.17) is 14.2 Å². The van der Waals surface area contributed by atoms with Crippen molar-refractivity contribution < 1.29 is 28.6 Å². The van der Waals surface area contributed by atoms with Crippen LogP contribution in [0.3, 0.4) is 0 Å². The maximum Gasteiger partial charge on any atom is 0.306 e. The van der Waals surface area contributed by atoms with Gasteiger partial charge < -0.3 is 14.2 Å². The van der Waals surface area contributed by atoms with E-state index in [0.717, 1.165) is 83.5 Å². The second-order valence-corrected chi connectivity index (χ2v) is 21.6. The largest absolute Gasteiger partial charge is 0.462 e. The molecule has 0 heterocycles. The summed E-state index contributed by atoms with van der Waals surface area (Å²) in [6.45, 7) is 6.54. The van der Waals surface area contributed by atoms with Crippen molar-refractivity contribution in [1.29, 1.82) is 0 Å². The lowest BCUT2D eigenvalue weighted by atomic mass is 10.0. The lowest BCUT2D eigenvalue weighted by molar-refractivity contribution is -0.167. The van der Waals surface area contributed by atoms with Crippen LogP contribution in [0.4, 0.5) is 0 Å². The molecule has 1 unspecified atom stereocenters. The Morgan fingerprint density at radius 2 is 0.527 bits per heavy atom. The highest BCUT2D eigenvalue weighted by atomic mass is 16.6. The predicted molar refractivity (Wildman–Crippen MR) is 321 cm³/mol. The van der Waals surface area contributed by atoms with Crippen molar-refractivity contribution in [2.75, 3.05) is 13.2 Å². The second-order valence-electron chi connectivity index (χ2n) is 21.6. The molecule has 0 aliphatic carbocycles. The van der Waals surface area contributed by atoms with Crippen molar-refractivity contribution in [3.05, 3.63) is 60.8 Å². The van der Waals surface area contributed by atoms with Crippen LogP contribution < -0.4 is 0 Å². The molecule has 0 radical (unpaired) electrons. The van der Waals surface area contributed by atoms with Gasteiger partial charge in [-0.05, 0) is 83.5 Å². The summed E-state index contributed by atoms with van der Waals surface area (Å²) in [6.07, 6.45) is 79.6. The molecule has 0 fully saturated rings. The van der Waals surface area contributed by atoms with Crippen LogP contribution >= 0.6 is 0 Å². The normalized spacial score (nSPS) is 12.4. The SMILES string of the molecule is CC/C=C\C/C=C\C/C=C\C/C=C\CCCCCCCCCCCCCCC(=O)OCC(COC(=O)CCCCCCCCCC)OC(=O)CCCCCCCCCCCCC/C=C\CCCCCCCCCC. The number of esters is 3. The molecule has 0 aliphatic heterocycles. The van der Waals surface area contributed by atoms with E-state index in [-0.39, 0.29) is 31.1 Å². The number of carbonyl (C=O) groups is 3. The topological polar surface area (TPSA) is 78.9 Å². The van der Waals surface area contributed by atoms with E-state index in [1.807, 2.05) is 0 Å². The third-order valence-electron chi connectivity index (χ3n) is 14.3. The summed E-state index contributed by atoms with van der Waals surface area (Å²) in [5.41, 5.74) is 0. The van der Waals surface area contributed by atoms with Gasteiger partial charge in [0.15, 0.2) is 6.10 Å². The summed E-state index contributed by atoms with van der Waals surface area (Å²) in [6, 6.07) is 0. The van der Waals surface area contributed by atoms with Crippen LogP contribution in [-0.2, 0) is 28.6 Å². The molecule has 6 nitrogen and oxygen atoms in total. The van der Waals surface area contributed by atoms with E-state index in [0.29, 0.717) is 19.3 Å². The molecule has 74 heavy (non-hydrogen) atoms. The van der Waals surface area contributed by atoms with Crippen LogP contribution in [0.1, 0.15) is 335 Å². The Hall–Kier alpha value is -2.89. The van der Waals surface area contributed by atoms with Gasteiger partial charge in [0.25, 0.3) is 0 Å². The van der Waals surface area contributed by atoms with Crippen LogP contribution in [0.25, 0.3) is 0 Å². The Morgan fingerprint density at radius 1 is 0.284 bits per heavy atom. The fourth-order valence-electron chi connectivity index (χ4n) is 9.43.